The zero-order valence-electron chi connectivity index (χ0n) is 20.1. The van der Waals surface area contributed by atoms with Crippen LogP contribution in [0.4, 0.5) is 0 Å². The zero-order valence-corrected chi connectivity index (χ0v) is 20.9. The van der Waals surface area contributed by atoms with Crippen molar-refractivity contribution in [1.29, 1.82) is 0 Å². The fraction of sp³-hybridized carbons (Fsp3) is 0.179. The molecule has 2 N–H and O–H groups in total. The van der Waals surface area contributed by atoms with E-state index in [1.54, 1.807) is 35.5 Å². The number of pyridine rings is 1. The molecule has 9 heteroatoms. The Morgan fingerprint density at radius 3 is 2.81 bits per heavy atom. The Morgan fingerprint density at radius 1 is 1.19 bits per heavy atom. The van der Waals surface area contributed by atoms with Gasteiger partial charge in [0, 0.05) is 35.1 Å². The van der Waals surface area contributed by atoms with Crippen LogP contribution in [-0.4, -0.2) is 44.3 Å². The number of carbonyl (C=O) groups excluding carboxylic acids is 1. The number of ether oxygens (including phenoxy) is 2. The number of phenols is 1. The van der Waals surface area contributed by atoms with Gasteiger partial charge in [-0.15, -0.1) is 0 Å². The Morgan fingerprint density at radius 2 is 2.05 bits per heavy atom. The number of halogens is 1. The molecular weight excluding hydrogens is 492 g/mol. The van der Waals surface area contributed by atoms with Crippen LogP contribution in [0.25, 0.3) is 11.3 Å². The summed E-state index contributed by atoms with van der Waals surface area (Å²) in [6.07, 6.45) is 5.09. The monoisotopic (exact) mass is 516 g/mol. The summed E-state index contributed by atoms with van der Waals surface area (Å²) in [6, 6.07) is 13.6. The van der Waals surface area contributed by atoms with Crippen LogP contribution in [0.5, 0.6) is 17.2 Å². The molecule has 2 aromatic heterocycles. The first-order valence-electron chi connectivity index (χ1n) is 11.8. The Bertz CT molecular complexity index is 1450. The van der Waals surface area contributed by atoms with E-state index in [0.29, 0.717) is 58.8 Å². The van der Waals surface area contributed by atoms with Crippen LogP contribution in [0.1, 0.15) is 40.1 Å². The molecule has 1 aliphatic rings. The minimum Gasteiger partial charge on any atom is -0.507 e. The van der Waals surface area contributed by atoms with Gasteiger partial charge in [-0.2, -0.15) is 5.10 Å². The molecule has 0 saturated heterocycles. The topological polar surface area (TPSA) is 101 Å². The summed E-state index contributed by atoms with van der Waals surface area (Å²) in [7, 11) is 0. The highest BCUT2D eigenvalue weighted by atomic mass is 35.5. The standard InChI is InChI=1S/C28H25ClN4O4/c1-3-12-37-22-10-7-18(13-23(22)36-4-2)27-24-25(20-14-19(29)8-9-21(20)34)31-32-26(24)28(35)33(27)16-17-6-5-11-30-15-17/h3,5-11,13-15,27,34H,1,4,12,16H2,2H3,(H,31,32). The molecule has 0 saturated carbocycles. The molecule has 188 valence electrons. The van der Waals surface area contributed by atoms with Gasteiger partial charge in [-0.1, -0.05) is 36.4 Å². The number of hydrogen-bond donors (Lipinski definition) is 2. The van der Waals surface area contributed by atoms with E-state index < -0.39 is 6.04 Å². The van der Waals surface area contributed by atoms with Gasteiger partial charge in [0.15, 0.2) is 11.5 Å². The fourth-order valence-electron chi connectivity index (χ4n) is 4.53. The first-order chi connectivity index (χ1) is 18.0. The van der Waals surface area contributed by atoms with E-state index >= 15 is 0 Å². The number of fused-ring (bicyclic) bond motifs is 1. The maximum absolute atomic E-state index is 13.7. The van der Waals surface area contributed by atoms with Crippen molar-refractivity contribution >= 4 is 17.5 Å². The second kappa shape index (κ2) is 10.4. The van der Waals surface area contributed by atoms with Crippen LogP contribution < -0.4 is 9.47 Å². The van der Waals surface area contributed by atoms with Crippen LogP contribution in [0.3, 0.4) is 0 Å². The maximum atomic E-state index is 13.7. The third kappa shape index (κ3) is 4.63. The van der Waals surface area contributed by atoms with E-state index in [9.17, 15) is 9.90 Å². The Hall–Kier alpha value is -4.30. The Balaban J connectivity index is 1.67. The van der Waals surface area contributed by atoms with Gasteiger partial charge in [-0.3, -0.25) is 14.9 Å². The molecule has 0 aliphatic carbocycles. The quantitative estimate of drug-likeness (QED) is 0.283. The number of nitrogens with one attached hydrogen (secondary N) is 1. The molecule has 4 aromatic rings. The van der Waals surface area contributed by atoms with Crippen molar-refractivity contribution in [2.75, 3.05) is 13.2 Å². The number of aromatic amines is 1. The van der Waals surface area contributed by atoms with E-state index in [4.69, 9.17) is 21.1 Å². The van der Waals surface area contributed by atoms with E-state index in [-0.39, 0.29) is 11.7 Å². The van der Waals surface area contributed by atoms with E-state index in [1.807, 2.05) is 37.3 Å². The van der Waals surface area contributed by atoms with E-state index in [1.165, 1.54) is 6.07 Å². The Labute approximate surface area is 219 Å². The molecule has 1 amide bonds. The maximum Gasteiger partial charge on any atom is 0.273 e. The predicted molar refractivity (Wildman–Crippen MR) is 140 cm³/mol. The number of rotatable bonds is 9. The summed E-state index contributed by atoms with van der Waals surface area (Å²) in [5, 5.41) is 18.4. The molecule has 1 atom stereocenters. The minimum absolute atomic E-state index is 0.0128. The molecular formula is C28H25ClN4O4. The number of nitrogens with zero attached hydrogens (tertiary/aromatic N) is 3. The molecule has 0 spiro atoms. The fourth-order valence-corrected chi connectivity index (χ4v) is 4.70. The lowest BCUT2D eigenvalue weighted by Gasteiger charge is -2.27. The highest BCUT2D eigenvalue weighted by Gasteiger charge is 2.43. The number of hydrogen-bond acceptors (Lipinski definition) is 6. The number of H-pyrrole nitrogens is 1. The number of benzene rings is 2. The van der Waals surface area contributed by atoms with Gasteiger partial charge in [-0.25, -0.2) is 0 Å². The van der Waals surface area contributed by atoms with Crippen molar-refractivity contribution in [1.82, 2.24) is 20.1 Å². The SMILES string of the molecule is C=CCOc1ccc(C2c3c(-c4cc(Cl)ccc4O)n[nH]c3C(=O)N2Cc2cccnc2)cc1OCC. The molecule has 8 nitrogen and oxygen atoms in total. The molecule has 0 radical (unpaired) electrons. The molecule has 0 fully saturated rings. The predicted octanol–water partition coefficient (Wildman–Crippen LogP) is 5.54. The van der Waals surface area contributed by atoms with Crippen LogP contribution in [0.2, 0.25) is 5.02 Å². The lowest BCUT2D eigenvalue weighted by Crippen LogP contribution is -2.29. The average Bonchev–Trinajstić information content (AvgIpc) is 3.44. The third-order valence-corrected chi connectivity index (χ3v) is 6.33. The number of aromatic hydroxyl groups is 1. The van der Waals surface area contributed by atoms with Crippen LogP contribution in [-0.2, 0) is 6.54 Å². The highest BCUT2D eigenvalue weighted by Crippen LogP contribution is 2.46. The molecule has 5 rings (SSSR count). The summed E-state index contributed by atoms with van der Waals surface area (Å²) in [4.78, 5) is 19.6. The van der Waals surface area contributed by atoms with Crippen LogP contribution in [0, 0.1) is 0 Å². The molecule has 1 unspecified atom stereocenters. The lowest BCUT2D eigenvalue weighted by molar-refractivity contribution is 0.0729. The van der Waals surface area contributed by atoms with Gasteiger partial charge in [0.2, 0.25) is 0 Å². The van der Waals surface area contributed by atoms with Gasteiger partial charge < -0.3 is 19.5 Å². The van der Waals surface area contributed by atoms with Crippen LogP contribution >= 0.6 is 11.6 Å². The lowest BCUT2D eigenvalue weighted by atomic mass is 9.95. The van der Waals surface area contributed by atoms with Gasteiger partial charge in [-0.05, 0) is 54.4 Å². The van der Waals surface area contributed by atoms with Crippen LogP contribution in [0.15, 0.2) is 73.6 Å². The number of carbonyl (C=O) groups is 1. The smallest absolute Gasteiger partial charge is 0.273 e. The molecule has 0 bridgehead atoms. The number of amides is 1. The van der Waals surface area contributed by atoms with Crippen molar-refractivity contribution in [2.45, 2.75) is 19.5 Å². The van der Waals surface area contributed by atoms with Crippen molar-refractivity contribution < 1.29 is 19.4 Å². The minimum atomic E-state index is -0.525. The van der Waals surface area contributed by atoms with Gasteiger partial charge in [0.05, 0.1) is 12.6 Å². The normalized spacial score (nSPS) is 14.5. The van der Waals surface area contributed by atoms with Gasteiger partial charge in [0.25, 0.3) is 5.91 Å². The summed E-state index contributed by atoms with van der Waals surface area (Å²) < 4.78 is 11.7. The van der Waals surface area contributed by atoms with Crippen molar-refractivity contribution in [3.63, 3.8) is 0 Å². The number of phenolic OH excluding ortho intramolecular Hbond substituents is 1. The first kappa shape index (κ1) is 24.4. The summed E-state index contributed by atoms with van der Waals surface area (Å²) in [5.41, 5.74) is 3.56. The summed E-state index contributed by atoms with van der Waals surface area (Å²) in [6.45, 7) is 6.69. The van der Waals surface area contributed by atoms with E-state index in [2.05, 4.69) is 21.8 Å². The molecule has 2 aromatic carbocycles. The third-order valence-electron chi connectivity index (χ3n) is 6.09. The van der Waals surface area contributed by atoms with Gasteiger partial charge in [0.1, 0.15) is 23.7 Å². The number of aromatic nitrogens is 3. The van der Waals surface area contributed by atoms with E-state index in [0.717, 1.165) is 11.1 Å². The largest absolute Gasteiger partial charge is 0.507 e. The molecule has 37 heavy (non-hydrogen) atoms. The summed E-state index contributed by atoms with van der Waals surface area (Å²) in [5.74, 6) is 0.932. The average molecular weight is 517 g/mol. The molecule has 3 heterocycles. The van der Waals surface area contributed by atoms with Crippen molar-refractivity contribution in [3.05, 3.63) is 101 Å². The molecule has 1 aliphatic heterocycles. The van der Waals surface area contributed by atoms with Crippen molar-refractivity contribution in [2.24, 2.45) is 0 Å². The second-order valence-corrected chi connectivity index (χ2v) is 8.89. The first-order valence-corrected chi connectivity index (χ1v) is 12.2. The Kier molecular flexibility index (Phi) is 6.83. The van der Waals surface area contributed by atoms with Crippen molar-refractivity contribution in [3.8, 4) is 28.5 Å². The second-order valence-electron chi connectivity index (χ2n) is 8.46. The zero-order chi connectivity index (χ0) is 25.9. The highest BCUT2D eigenvalue weighted by molar-refractivity contribution is 6.31. The van der Waals surface area contributed by atoms with Gasteiger partial charge >= 0.3 is 0 Å². The summed E-state index contributed by atoms with van der Waals surface area (Å²) >= 11 is 6.25.